The third-order valence-corrected chi connectivity index (χ3v) is 9.28. The molecular formula is C27H43NO4. The normalized spacial score (nSPS) is 41.8. The lowest BCUT2D eigenvalue weighted by molar-refractivity contribution is -0.259. The Balaban J connectivity index is 1.61. The van der Waals surface area contributed by atoms with E-state index in [1.807, 2.05) is 6.92 Å². The summed E-state index contributed by atoms with van der Waals surface area (Å²) in [5.41, 5.74) is -0.972. The van der Waals surface area contributed by atoms with Gasteiger partial charge in [0.15, 0.2) is 0 Å². The van der Waals surface area contributed by atoms with Gasteiger partial charge in [-0.05, 0) is 56.3 Å². The molecule has 2 saturated carbocycles. The molecule has 0 spiro atoms. The molecule has 2 aliphatic carbocycles. The number of rotatable bonds is 6. The first-order valence-corrected chi connectivity index (χ1v) is 13.1. The number of hydrogen-bond acceptors (Lipinski definition) is 4. The van der Waals surface area contributed by atoms with E-state index in [2.05, 4.69) is 39.1 Å². The van der Waals surface area contributed by atoms with Crippen molar-refractivity contribution >= 4 is 11.9 Å². The molecule has 0 aromatic heterocycles. The minimum absolute atomic E-state index is 0.0448. The average Bonchev–Trinajstić information content (AvgIpc) is 3.28. The van der Waals surface area contributed by atoms with E-state index in [-0.39, 0.29) is 41.8 Å². The number of carbonyl (C=O) groups is 2. The van der Waals surface area contributed by atoms with Crippen LogP contribution in [0.15, 0.2) is 12.2 Å². The van der Waals surface area contributed by atoms with Crippen LogP contribution in [0.2, 0.25) is 0 Å². The van der Waals surface area contributed by atoms with Crippen LogP contribution in [0.1, 0.15) is 92.4 Å². The molecule has 2 aliphatic heterocycles. The fourth-order valence-electron chi connectivity index (χ4n) is 7.34. The molecule has 0 aromatic rings. The standard InChI is InChI=1S/C27H43NO4/c1-6-22(29)28-21-16-27(17(2)3)25(24-18(4)12-14-20(24)26(21,5)32-27)31-23(30)15-13-19-10-8-7-9-11-19/h13,15,17-21,24-25H,6-12,14,16H2,1-5H3,(H,28,29)/b15-13+/t18-,20-,21-,24-,25+,26+,27-/m1/s1. The molecule has 7 atom stereocenters. The maximum Gasteiger partial charge on any atom is 0.330 e. The van der Waals surface area contributed by atoms with E-state index in [1.54, 1.807) is 6.08 Å². The molecule has 4 rings (SSSR count). The predicted molar refractivity (Wildman–Crippen MR) is 125 cm³/mol. The molecule has 0 radical (unpaired) electrons. The van der Waals surface area contributed by atoms with Gasteiger partial charge in [0.2, 0.25) is 5.91 Å². The molecule has 4 aliphatic rings. The molecule has 180 valence electrons. The van der Waals surface area contributed by atoms with Crippen LogP contribution < -0.4 is 5.32 Å². The fourth-order valence-corrected chi connectivity index (χ4v) is 7.34. The Hall–Kier alpha value is -1.36. The second-order valence-corrected chi connectivity index (χ2v) is 11.4. The molecule has 32 heavy (non-hydrogen) atoms. The van der Waals surface area contributed by atoms with Gasteiger partial charge < -0.3 is 14.8 Å². The lowest BCUT2D eigenvalue weighted by Gasteiger charge is -2.53. The summed E-state index contributed by atoms with van der Waals surface area (Å²) in [5.74, 6) is 1.55. The van der Waals surface area contributed by atoms with Crippen LogP contribution in [0.3, 0.4) is 0 Å². The highest BCUT2D eigenvalue weighted by atomic mass is 16.6. The molecule has 1 amide bonds. The van der Waals surface area contributed by atoms with Crippen LogP contribution in [-0.4, -0.2) is 35.2 Å². The lowest BCUT2D eigenvalue weighted by atomic mass is 9.69. The van der Waals surface area contributed by atoms with Crippen molar-refractivity contribution in [1.82, 2.24) is 5.32 Å². The van der Waals surface area contributed by atoms with E-state index in [4.69, 9.17) is 9.47 Å². The van der Waals surface area contributed by atoms with Crippen LogP contribution in [-0.2, 0) is 19.1 Å². The van der Waals surface area contributed by atoms with Gasteiger partial charge in [-0.2, -0.15) is 0 Å². The van der Waals surface area contributed by atoms with Gasteiger partial charge in [-0.15, -0.1) is 0 Å². The van der Waals surface area contributed by atoms with Crippen LogP contribution in [0.4, 0.5) is 0 Å². The average molecular weight is 446 g/mol. The number of ether oxygens (including phenoxy) is 2. The Morgan fingerprint density at radius 2 is 1.88 bits per heavy atom. The maximum atomic E-state index is 13.0. The van der Waals surface area contributed by atoms with Gasteiger partial charge in [-0.3, -0.25) is 4.79 Å². The van der Waals surface area contributed by atoms with Crippen molar-refractivity contribution in [1.29, 1.82) is 0 Å². The van der Waals surface area contributed by atoms with Crippen LogP contribution in [0.5, 0.6) is 0 Å². The molecule has 0 aromatic carbocycles. The molecule has 5 nitrogen and oxygen atoms in total. The van der Waals surface area contributed by atoms with Gasteiger partial charge in [-0.1, -0.05) is 53.0 Å². The first kappa shape index (κ1) is 23.8. The van der Waals surface area contributed by atoms with E-state index < -0.39 is 11.2 Å². The van der Waals surface area contributed by atoms with E-state index in [1.165, 1.54) is 32.1 Å². The van der Waals surface area contributed by atoms with Crippen LogP contribution in [0, 0.1) is 29.6 Å². The third kappa shape index (κ3) is 4.03. The molecule has 0 unspecified atom stereocenters. The third-order valence-electron chi connectivity index (χ3n) is 9.28. The van der Waals surface area contributed by atoms with Crippen molar-refractivity contribution in [3.05, 3.63) is 12.2 Å². The number of fused-ring (bicyclic) bond motifs is 4. The van der Waals surface area contributed by atoms with Crippen molar-refractivity contribution in [3.8, 4) is 0 Å². The predicted octanol–water partition coefficient (Wildman–Crippen LogP) is 5.18. The summed E-state index contributed by atoms with van der Waals surface area (Å²) >= 11 is 0. The first-order chi connectivity index (χ1) is 15.2. The number of amides is 1. The monoisotopic (exact) mass is 445 g/mol. The Kier molecular flexibility index (Phi) is 6.78. The maximum absolute atomic E-state index is 13.0. The topological polar surface area (TPSA) is 64.6 Å². The molecular weight excluding hydrogens is 402 g/mol. The molecule has 2 heterocycles. The van der Waals surface area contributed by atoms with Gasteiger partial charge in [0.1, 0.15) is 11.7 Å². The molecule has 1 N–H and O–H groups in total. The Morgan fingerprint density at radius 3 is 2.53 bits per heavy atom. The number of hydrogen-bond donors (Lipinski definition) is 1. The summed E-state index contributed by atoms with van der Waals surface area (Å²) in [5, 5.41) is 3.27. The van der Waals surface area contributed by atoms with Crippen molar-refractivity contribution < 1.29 is 19.1 Å². The quantitative estimate of drug-likeness (QED) is 0.452. The number of carbonyl (C=O) groups excluding carboxylic acids is 2. The van der Waals surface area contributed by atoms with Crippen LogP contribution in [0.25, 0.3) is 0 Å². The summed E-state index contributed by atoms with van der Waals surface area (Å²) in [6.07, 6.45) is 13.0. The van der Waals surface area contributed by atoms with Gasteiger partial charge in [0.25, 0.3) is 0 Å². The first-order valence-electron chi connectivity index (χ1n) is 13.1. The molecule has 4 fully saturated rings. The Labute approximate surface area is 194 Å². The van der Waals surface area contributed by atoms with Crippen molar-refractivity contribution in [3.63, 3.8) is 0 Å². The van der Waals surface area contributed by atoms with Crippen molar-refractivity contribution in [2.75, 3.05) is 0 Å². The van der Waals surface area contributed by atoms with Gasteiger partial charge >= 0.3 is 5.97 Å². The zero-order chi connectivity index (χ0) is 23.1. The SMILES string of the molecule is CCC(=O)N[C@@H]1C[C@]2(C(C)C)O[C@@]1(C)[C@@H]1CC[C@@H](C)[C@H]1[C@@H]2OC(=O)/C=C/C1CCCCC1. The Morgan fingerprint density at radius 1 is 1.16 bits per heavy atom. The van der Waals surface area contributed by atoms with Gasteiger partial charge in [0, 0.05) is 24.8 Å². The second-order valence-electron chi connectivity index (χ2n) is 11.4. The lowest BCUT2D eigenvalue weighted by Crippen LogP contribution is -2.63. The van der Waals surface area contributed by atoms with E-state index in [9.17, 15) is 9.59 Å². The zero-order valence-corrected chi connectivity index (χ0v) is 20.7. The summed E-state index contributed by atoms with van der Waals surface area (Å²) in [6.45, 7) is 10.7. The Bertz CT molecular complexity index is 742. The van der Waals surface area contributed by atoms with Gasteiger partial charge in [-0.25, -0.2) is 4.79 Å². The van der Waals surface area contributed by atoms with Crippen LogP contribution >= 0.6 is 0 Å². The minimum atomic E-state index is -0.561. The molecule has 5 heteroatoms. The second kappa shape index (κ2) is 9.12. The summed E-state index contributed by atoms with van der Waals surface area (Å²) in [4.78, 5) is 25.4. The minimum Gasteiger partial charge on any atom is -0.456 e. The molecule has 2 saturated heterocycles. The highest BCUT2D eigenvalue weighted by Crippen LogP contribution is 2.62. The number of allylic oxidation sites excluding steroid dienone is 1. The highest BCUT2D eigenvalue weighted by molar-refractivity contribution is 5.82. The van der Waals surface area contributed by atoms with E-state index in [0.717, 1.165) is 12.8 Å². The van der Waals surface area contributed by atoms with Crippen molar-refractivity contribution in [2.24, 2.45) is 29.6 Å². The van der Waals surface area contributed by atoms with Crippen molar-refractivity contribution in [2.45, 2.75) is 116 Å². The van der Waals surface area contributed by atoms with Gasteiger partial charge in [0.05, 0.1) is 11.6 Å². The summed E-state index contributed by atoms with van der Waals surface area (Å²) in [6, 6.07) is -0.0448. The summed E-state index contributed by atoms with van der Waals surface area (Å²) < 4.78 is 13.3. The fraction of sp³-hybridized carbons (Fsp3) is 0.852. The zero-order valence-electron chi connectivity index (χ0n) is 20.7. The smallest absolute Gasteiger partial charge is 0.330 e. The number of esters is 1. The molecule has 2 bridgehead atoms. The van der Waals surface area contributed by atoms with E-state index >= 15 is 0 Å². The highest BCUT2D eigenvalue weighted by Gasteiger charge is 2.71. The largest absolute Gasteiger partial charge is 0.456 e. The number of nitrogens with one attached hydrogen (secondary N) is 1. The summed E-state index contributed by atoms with van der Waals surface area (Å²) in [7, 11) is 0. The van der Waals surface area contributed by atoms with E-state index in [0.29, 0.717) is 24.7 Å².